The van der Waals surface area contributed by atoms with Gasteiger partial charge in [-0.15, -0.1) is 0 Å². The highest BCUT2D eigenvalue weighted by molar-refractivity contribution is 6.32. The number of hydrogen-bond donors (Lipinski definition) is 3. The van der Waals surface area contributed by atoms with Crippen LogP contribution in [0.1, 0.15) is 30.6 Å². The molecule has 0 aromatic heterocycles. The van der Waals surface area contributed by atoms with Gasteiger partial charge >= 0.3 is 0 Å². The van der Waals surface area contributed by atoms with Crippen LogP contribution in [0.2, 0.25) is 5.02 Å². The maximum atomic E-state index is 10.4. The second-order valence-electron chi connectivity index (χ2n) is 6.16. The molecule has 1 heterocycles. The molecule has 3 rings (SSSR count). The van der Waals surface area contributed by atoms with Gasteiger partial charge in [-0.05, 0) is 42.3 Å². The van der Waals surface area contributed by atoms with E-state index in [4.69, 9.17) is 21.1 Å². The predicted molar refractivity (Wildman–Crippen MR) is 96.4 cm³/mol. The van der Waals surface area contributed by atoms with Crippen molar-refractivity contribution in [3.05, 3.63) is 52.5 Å². The fourth-order valence-corrected chi connectivity index (χ4v) is 3.02. The number of phenolic OH excluding ortho intramolecular Hbond substituents is 1. The lowest BCUT2D eigenvalue weighted by molar-refractivity contribution is 0.135. The van der Waals surface area contributed by atoms with Crippen LogP contribution in [0.15, 0.2) is 36.4 Å². The highest BCUT2D eigenvalue weighted by Gasteiger charge is 2.18. The molecular formula is C19H22ClNO4. The molecule has 0 bridgehead atoms. The Balaban J connectivity index is 1.65. The van der Waals surface area contributed by atoms with E-state index < -0.39 is 6.10 Å². The molecule has 2 aromatic rings. The zero-order valence-corrected chi connectivity index (χ0v) is 14.8. The summed E-state index contributed by atoms with van der Waals surface area (Å²) in [6, 6.07) is 10.1. The Morgan fingerprint density at radius 2 is 1.88 bits per heavy atom. The number of nitrogens with one attached hydrogen (secondary N) is 1. The molecule has 0 saturated heterocycles. The second-order valence-corrected chi connectivity index (χ2v) is 6.57. The molecule has 2 unspecified atom stereocenters. The Hall–Kier alpha value is -1.95. The van der Waals surface area contributed by atoms with Gasteiger partial charge in [-0.25, -0.2) is 0 Å². The van der Waals surface area contributed by atoms with Crippen molar-refractivity contribution >= 4 is 11.6 Å². The van der Waals surface area contributed by atoms with Crippen LogP contribution in [-0.2, 0) is 6.54 Å². The molecule has 5 nitrogen and oxygen atoms in total. The summed E-state index contributed by atoms with van der Waals surface area (Å²) in [6.45, 7) is 3.64. The minimum absolute atomic E-state index is 0.179. The maximum Gasteiger partial charge on any atom is 0.179 e. The number of halogens is 1. The predicted octanol–water partition coefficient (Wildman–Crippen LogP) is 3.42. The molecule has 0 aliphatic carbocycles. The SMILES string of the molecule is CC(NCc1cc(Cl)c2c(c1)OCCCO2)C(O)c1ccc(O)cc1. The first-order valence-corrected chi connectivity index (χ1v) is 8.71. The van der Waals surface area contributed by atoms with Crippen molar-refractivity contribution in [2.45, 2.75) is 32.0 Å². The fraction of sp³-hybridized carbons (Fsp3) is 0.368. The van der Waals surface area contributed by atoms with Gasteiger partial charge in [0.25, 0.3) is 0 Å². The topological polar surface area (TPSA) is 71.0 Å². The van der Waals surface area contributed by atoms with E-state index in [0.717, 1.165) is 17.5 Å². The molecule has 6 heteroatoms. The van der Waals surface area contributed by atoms with E-state index in [0.29, 0.717) is 36.3 Å². The summed E-state index contributed by atoms with van der Waals surface area (Å²) < 4.78 is 11.3. The number of aromatic hydroxyl groups is 1. The van der Waals surface area contributed by atoms with Gasteiger partial charge in [0.15, 0.2) is 11.5 Å². The zero-order chi connectivity index (χ0) is 17.8. The number of phenols is 1. The first-order chi connectivity index (χ1) is 12.0. The van der Waals surface area contributed by atoms with Gasteiger partial charge in [0.2, 0.25) is 0 Å². The normalized spacial score (nSPS) is 16.1. The van der Waals surface area contributed by atoms with Gasteiger partial charge in [-0.3, -0.25) is 0 Å². The van der Waals surface area contributed by atoms with Crippen molar-refractivity contribution in [1.29, 1.82) is 0 Å². The van der Waals surface area contributed by atoms with Crippen molar-refractivity contribution in [2.75, 3.05) is 13.2 Å². The Morgan fingerprint density at radius 3 is 2.64 bits per heavy atom. The highest BCUT2D eigenvalue weighted by atomic mass is 35.5. The van der Waals surface area contributed by atoms with E-state index in [-0.39, 0.29) is 11.8 Å². The van der Waals surface area contributed by atoms with Gasteiger partial charge in [-0.1, -0.05) is 23.7 Å². The summed E-state index contributed by atoms with van der Waals surface area (Å²) in [5.41, 5.74) is 1.70. The van der Waals surface area contributed by atoms with E-state index >= 15 is 0 Å². The lowest BCUT2D eigenvalue weighted by atomic mass is 10.0. The minimum Gasteiger partial charge on any atom is -0.508 e. The van der Waals surface area contributed by atoms with E-state index in [1.54, 1.807) is 24.3 Å². The molecule has 2 atom stereocenters. The summed E-state index contributed by atoms with van der Waals surface area (Å²) in [6.07, 6.45) is 0.144. The van der Waals surface area contributed by atoms with Crippen LogP contribution < -0.4 is 14.8 Å². The molecular weight excluding hydrogens is 342 g/mol. The number of benzene rings is 2. The van der Waals surface area contributed by atoms with Crippen LogP contribution in [0.5, 0.6) is 17.2 Å². The van der Waals surface area contributed by atoms with Gasteiger partial charge in [0.1, 0.15) is 5.75 Å². The van der Waals surface area contributed by atoms with Crippen LogP contribution in [-0.4, -0.2) is 29.5 Å². The zero-order valence-electron chi connectivity index (χ0n) is 14.0. The summed E-state index contributed by atoms with van der Waals surface area (Å²) in [4.78, 5) is 0. The molecule has 1 aliphatic rings. The van der Waals surface area contributed by atoms with Gasteiger partial charge in [0, 0.05) is 19.0 Å². The number of aliphatic hydroxyl groups excluding tert-OH is 1. The van der Waals surface area contributed by atoms with Crippen LogP contribution in [0, 0.1) is 0 Å². The Bertz CT molecular complexity index is 720. The lowest BCUT2D eigenvalue weighted by Crippen LogP contribution is -2.31. The van der Waals surface area contributed by atoms with Crippen LogP contribution in [0.25, 0.3) is 0 Å². The van der Waals surface area contributed by atoms with Crippen molar-refractivity contribution in [2.24, 2.45) is 0 Å². The van der Waals surface area contributed by atoms with Crippen LogP contribution in [0.4, 0.5) is 0 Å². The van der Waals surface area contributed by atoms with Crippen LogP contribution >= 0.6 is 11.6 Å². The van der Waals surface area contributed by atoms with E-state index in [9.17, 15) is 10.2 Å². The number of hydrogen-bond acceptors (Lipinski definition) is 5. The molecule has 0 fully saturated rings. The van der Waals surface area contributed by atoms with Crippen LogP contribution in [0.3, 0.4) is 0 Å². The quantitative estimate of drug-likeness (QED) is 0.759. The fourth-order valence-electron chi connectivity index (χ4n) is 2.74. The second kappa shape index (κ2) is 7.95. The number of aliphatic hydroxyl groups is 1. The highest BCUT2D eigenvalue weighted by Crippen LogP contribution is 2.38. The summed E-state index contributed by atoms with van der Waals surface area (Å²) >= 11 is 6.30. The number of rotatable bonds is 5. The third-order valence-electron chi connectivity index (χ3n) is 4.20. The summed E-state index contributed by atoms with van der Waals surface area (Å²) in [7, 11) is 0. The van der Waals surface area contributed by atoms with E-state index in [1.165, 1.54) is 0 Å². The standard InChI is InChI=1S/C19H22ClNO4/c1-12(18(23)14-3-5-15(22)6-4-14)21-11-13-9-16(20)19-17(10-13)24-7-2-8-25-19/h3-6,9-10,12,18,21-23H,2,7-8,11H2,1H3. The molecule has 25 heavy (non-hydrogen) atoms. The third kappa shape index (κ3) is 4.37. The van der Waals surface area contributed by atoms with Crippen molar-refractivity contribution in [1.82, 2.24) is 5.32 Å². The van der Waals surface area contributed by atoms with Crippen molar-refractivity contribution in [3.8, 4) is 17.2 Å². The van der Waals surface area contributed by atoms with Crippen molar-refractivity contribution in [3.63, 3.8) is 0 Å². The molecule has 1 aliphatic heterocycles. The van der Waals surface area contributed by atoms with E-state index in [2.05, 4.69) is 5.32 Å². The number of fused-ring (bicyclic) bond motifs is 1. The minimum atomic E-state index is -0.684. The Morgan fingerprint density at radius 1 is 1.16 bits per heavy atom. The average Bonchev–Trinajstić information content (AvgIpc) is 2.85. The van der Waals surface area contributed by atoms with Gasteiger partial charge in [-0.2, -0.15) is 0 Å². The Kier molecular flexibility index (Phi) is 5.68. The molecule has 0 radical (unpaired) electrons. The molecule has 134 valence electrons. The molecule has 2 aromatic carbocycles. The summed E-state index contributed by atoms with van der Waals surface area (Å²) in [5, 5.41) is 23.6. The lowest BCUT2D eigenvalue weighted by Gasteiger charge is -2.21. The monoisotopic (exact) mass is 363 g/mol. The van der Waals surface area contributed by atoms with Crippen molar-refractivity contribution < 1.29 is 19.7 Å². The number of ether oxygens (including phenoxy) is 2. The van der Waals surface area contributed by atoms with E-state index in [1.807, 2.05) is 19.1 Å². The van der Waals surface area contributed by atoms with Gasteiger partial charge in [0.05, 0.1) is 24.3 Å². The largest absolute Gasteiger partial charge is 0.508 e. The maximum absolute atomic E-state index is 10.4. The first-order valence-electron chi connectivity index (χ1n) is 8.33. The average molecular weight is 364 g/mol. The first kappa shape index (κ1) is 17.9. The third-order valence-corrected chi connectivity index (χ3v) is 4.48. The summed E-state index contributed by atoms with van der Waals surface area (Å²) in [5.74, 6) is 1.44. The Labute approximate surface area is 152 Å². The molecule has 0 amide bonds. The molecule has 3 N–H and O–H groups in total. The smallest absolute Gasteiger partial charge is 0.179 e. The molecule has 0 saturated carbocycles. The van der Waals surface area contributed by atoms with Gasteiger partial charge < -0.3 is 25.0 Å². The molecule has 0 spiro atoms.